The van der Waals surface area contributed by atoms with Gasteiger partial charge in [0.25, 0.3) is 11.5 Å². The standard InChI is InChI=1S/C18H21FN2O2/c1-2-8-21-16(18(23)20-9-4-3-5-10-20)11-13-6-7-14(19)12-15(13)17(21)22/h6-7,11-12H,2-5,8-10H2,1H3. The highest BCUT2D eigenvalue weighted by atomic mass is 19.1. The van der Waals surface area contributed by atoms with Crippen LogP contribution in [0.15, 0.2) is 29.1 Å². The molecule has 0 atom stereocenters. The molecule has 1 aromatic carbocycles. The molecular formula is C18H21FN2O2. The molecule has 2 aromatic rings. The number of benzene rings is 1. The van der Waals surface area contributed by atoms with E-state index >= 15 is 0 Å². The molecule has 0 N–H and O–H groups in total. The molecule has 1 aliphatic rings. The van der Waals surface area contributed by atoms with Crippen molar-refractivity contribution >= 4 is 16.7 Å². The van der Waals surface area contributed by atoms with Gasteiger partial charge in [-0.05, 0) is 49.3 Å². The highest BCUT2D eigenvalue weighted by Gasteiger charge is 2.22. The van der Waals surface area contributed by atoms with Gasteiger partial charge in [0.05, 0.1) is 5.39 Å². The van der Waals surface area contributed by atoms with Crippen LogP contribution in [0.1, 0.15) is 43.1 Å². The van der Waals surface area contributed by atoms with Gasteiger partial charge in [-0.1, -0.05) is 13.0 Å². The number of carbonyl (C=O) groups excluding carboxylic acids is 1. The number of fused-ring (bicyclic) bond motifs is 1. The van der Waals surface area contributed by atoms with Gasteiger partial charge < -0.3 is 9.47 Å². The van der Waals surface area contributed by atoms with Gasteiger partial charge in [-0.3, -0.25) is 9.59 Å². The second-order valence-corrected chi connectivity index (χ2v) is 6.07. The summed E-state index contributed by atoms with van der Waals surface area (Å²) < 4.78 is 15.0. The van der Waals surface area contributed by atoms with Crippen molar-refractivity contribution in [3.05, 3.63) is 46.1 Å². The van der Waals surface area contributed by atoms with Crippen molar-refractivity contribution in [2.24, 2.45) is 0 Å². The molecule has 23 heavy (non-hydrogen) atoms. The van der Waals surface area contributed by atoms with Crippen LogP contribution < -0.4 is 5.56 Å². The molecule has 0 saturated carbocycles. The fourth-order valence-corrected chi connectivity index (χ4v) is 3.20. The Hall–Kier alpha value is -2.17. The Labute approximate surface area is 134 Å². The van der Waals surface area contributed by atoms with Gasteiger partial charge in [0, 0.05) is 19.6 Å². The van der Waals surface area contributed by atoms with Crippen LogP contribution in [0.25, 0.3) is 10.8 Å². The van der Waals surface area contributed by atoms with Crippen LogP contribution in [0, 0.1) is 5.82 Å². The number of carbonyl (C=O) groups is 1. The fourth-order valence-electron chi connectivity index (χ4n) is 3.20. The molecule has 0 radical (unpaired) electrons. The Bertz CT molecular complexity index is 791. The van der Waals surface area contributed by atoms with E-state index in [1.54, 1.807) is 12.1 Å². The predicted molar refractivity (Wildman–Crippen MR) is 88.2 cm³/mol. The Kier molecular flexibility index (Phi) is 4.46. The largest absolute Gasteiger partial charge is 0.337 e. The molecule has 1 aliphatic heterocycles. The fraction of sp³-hybridized carbons (Fsp3) is 0.444. The highest BCUT2D eigenvalue weighted by molar-refractivity contribution is 5.96. The zero-order chi connectivity index (χ0) is 16.4. The van der Waals surface area contributed by atoms with Crippen LogP contribution in [-0.2, 0) is 6.54 Å². The Morgan fingerprint density at radius 1 is 1.17 bits per heavy atom. The van der Waals surface area contributed by atoms with Gasteiger partial charge in [-0.15, -0.1) is 0 Å². The predicted octanol–water partition coefficient (Wildman–Crippen LogP) is 3.18. The number of aromatic nitrogens is 1. The molecule has 5 heteroatoms. The Balaban J connectivity index is 2.14. The molecule has 0 unspecified atom stereocenters. The van der Waals surface area contributed by atoms with Crippen molar-refractivity contribution in [2.45, 2.75) is 39.2 Å². The van der Waals surface area contributed by atoms with Crippen LogP contribution in [0.4, 0.5) is 4.39 Å². The topological polar surface area (TPSA) is 42.3 Å². The van der Waals surface area contributed by atoms with Gasteiger partial charge in [0.1, 0.15) is 11.5 Å². The maximum absolute atomic E-state index is 13.5. The molecule has 1 amide bonds. The van der Waals surface area contributed by atoms with Crippen molar-refractivity contribution in [1.29, 1.82) is 0 Å². The smallest absolute Gasteiger partial charge is 0.270 e. The van der Waals surface area contributed by atoms with E-state index in [1.807, 2.05) is 11.8 Å². The molecule has 1 fully saturated rings. The number of rotatable bonds is 3. The summed E-state index contributed by atoms with van der Waals surface area (Å²) in [7, 11) is 0. The lowest BCUT2D eigenvalue weighted by atomic mass is 10.1. The summed E-state index contributed by atoms with van der Waals surface area (Å²) in [5.74, 6) is -0.533. The van der Waals surface area contributed by atoms with Gasteiger partial charge in [0.15, 0.2) is 0 Å². The SMILES string of the molecule is CCCn1c(C(=O)N2CCCCC2)cc2ccc(F)cc2c1=O. The molecule has 2 heterocycles. The molecule has 4 nitrogen and oxygen atoms in total. The van der Waals surface area contributed by atoms with Crippen molar-refractivity contribution in [3.8, 4) is 0 Å². The number of halogens is 1. The molecule has 122 valence electrons. The number of likely N-dealkylation sites (tertiary alicyclic amines) is 1. The number of piperidine rings is 1. The van der Waals surface area contributed by atoms with Crippen LogP contribution in [0.5, 0.6) is 0 Å². The number of pyridine rings is 1. The van der Waals surface area contributed by atoms with Gasteiger partial charge in [-0.25, -0.2) is 4.39 Å². The van der Waals surface area contributed by atoms with E-state index in [2.05, 4.69) is 0 Å². The minimum Gasteiger partial charge on any atom is -0.337 e. The van der Waals surface area contributed by atoms with Crippen molar-refractivity contribution < 1.29 is 9.18 Å². The van der Waals surface area contributed by atoms with E-state index in [-0.39, 0.29) is 11.5 Å². The van der Waals surface area contributed by atoms with Gasteiger partial charge in [0.2, 0.25) is 0 Å². The second-order valence-electron chi connectivity index (χ2n) is 6.07. The third-order valence-electron chi connectivity index (χ3n) is 4.38. The van der Waals surface area contributed by atoms with E-state index in [1.165, 1.54) is 16.7 Å². The quantitative estimate of drug-likeness (QED) is 0.873. The van der Waals surface area contributed by atoms with E-state index in [0.29, 0.717) is 23.0 Å². The van der Waals surface area contributed by atoms with Crippen LogP contribution >= 0.6 is 0 Å². The first-order valence-corrected chi connectivity index (χ1v) is 8.24. The van der Waals surface area contributed by atoms with E-state index in [9.17, 15) is 14.0 Å². The van der Waals surface area contributed by atoms with E-state index in [0.717, 1.165) is 38.8 Å². The number of hydrogen-bond acceptors (Lipinski definition) is 2. The summed E-state index contributed by atoms with van der Waals surface area (Å²) in [6, 6.07) is 5.86. The molecule has 1 saturated heterocycles. The maximum atomic E-state index is 13.5. The highest BCUT2D eigenvalue weighted by Crippen LogP contribution is 2.18. The minimum absolute atomic E-state index is 0.0959. The minimum atomic E-state index is -0.437. The zero-order valence-electron chi connectivity index (χ0n) is 13.3. The molecule has 3 rings (SSSR count). The lowest BCUT2D eigenvalue weighted by molar-refractivity contribution is 0.0712. The van der Waals surface area contributed by atoms with Gasteiger partial charge >= 0.3 is 0 Å². The van der Waals surface area contributed by atoms with Crippen molar-refractivity contribution in [3.63, 3.8) is 0 Å². The monoisotopic (exact) mass is 316 g/mol. The number of hydrogen-bond donors (Lipinski definition) is 0. The molecule has 0 spiro atoms. The van der Waals surface area contributed by atoms with Crippen molar-refractivity contribution in [1.82, 2.24) is 9.47 Å². The average Bonchev–Trinajstić information content (AvgIpc) is 2.58. The molecule has 0 aliphatic carbocycles. The Morgan fingerprint density at radius 2 is 1.91 bits per heavy atom. The second kappa shape index (κ2) is 6.52. The Morgan fingerprint density at radius 3 is 2.61 bits per heavy atom. The first-order valence-electron chi connectivity index (χ1n) is 8.24. The first kappa shape index (κ1) is 15.7. The summed E-state index contributed by atoms with van der Waals surface area (Å²) in [5.41, 5.74) is 0.127. The normalized spacial score (nSPS) is 15.1. The summed E-state index contributed by atoms with van der Waals surface area (Å²) in [6.45, 7) is 3.89. The zero-order valence-corrected chi connectivity index (χ0v) is 13.3. The third-order valence-corrected chi connectivity index (χ3v) is 4.38. The van der Waals surface area contributed by atoms with E-state index in [4.69, 9.17) is 0 Å². The van der Waals surface area contributed by atoms with Crippen LogP contribution in [0.3, 0.4) is 0 Å². The molecular weight excluding hydrogens is 295 g/mol. The summed E-state index contributed by atoms with van der Waals surface area (Å²) in [5, 5.41) is 0.942. The average molecular weight is 316 g/mol. The molecule has 0 bridgehead atoms. The lowest BCUT2D eigenvalue weighted by Crippen LogP contribution is -2.39. The summed E-state index contributed by atoms with van der Waals surface area (Å²) >= 11 is 0. The van der Waals surface area contributed by atoms with Crippen LogP contribution in [0.2, 0.25) is 0 Å². The molecule has 1 aromatic heterocycles. The summed E-state index contributed by atoms with van der Waals surface area (Å²) in [4.78, 5) is 27.4. The van der Waals surface area contributed by atoms with Crippen molar-refractivity contribution in [2.75, 3.05) is 13.1 Å². The lowest BCUT2D eigenvalue weighted by Gasteiger charge is -2.28. The third kappa shape index (κ3) is 3.00. The van der Waals surface area contributed by atoms with Gasteiger partial charge in [-0.2, -0.15) is 0 Å². The number of nitrogens with zero attached hydrogens (tertiary/aromatic N) is 2. The number of amides is 1. The maximum Gasteiger partial charge on any atom is 0.270 e. The summed E-state index contributed by atoms with van der Waals surface area (Å²) in [6.07, 6.45) is 3.88. The first-order chi connectivity index (χ1) is 11.1. The van der Waals surface area contributed by atoms with E-state index < -0.39 is 5.82 Å². The van der Waals surface area contributed by atoms with Crippen LogP contribution in [-0.4, -0.2) is 28.5 Å².